The third-order valence-corrected chi connectivity index (χ3v) is 19.0. The molecular weight excluding hydrogens is 821 g/mol. The number of ether oxygens (including phenoxy) is 6. The third-order valence-electron chi connectivity index (χ3n) is 19.0. The van der Waals surface area contributed by atoms with Crippen molar-refractivity contribution in [1.29, 1.82) is 0 Å². The van der Waals surface area contributed by atoms with Crippen molar-refractivity contribution in [1.82, 2.24) is 0 Å². The van der Waals surface area contributed by atoms with Gasteiger partial charge in [0.05, 0.1) is 24.9 Å². The molecule has 4 saturated carbocycles. The van der Waals surface area contributed by atoms with Crippen LogP contribution in [0, 0.1) is 50.2 Å². The molecular formula is C47H76O16. The van der Waals surface area contributed by atoms with Crippen LogP contribution in [0.5, 0.6) is 0 Å². The molecule has 0 amide bonds. The number of carbonyl (C=O) groups is 1. The lowest BCUT2D eigenvalue weighted by Gasteiger charge is -2.71. The minimum absolute atomic E-state index is 0.0189. The topological polar surface area (TPSA) is 255 Å². The molecule has 16 heteroatoms. The Morgan fingerprint density at radius 1 is 0.667 bits per heavy atom. The molecule has 0 radical (unpaired) electrons. The first kappa shape index (κ1) is 48.1. The molecule has 23 unspecified atom stereocenters. The van der Waals surface area contributed by atoms with Crippen molar-refractivity contribution in [2.24, 2.45) is 50.2 Å². The van der Waals surface area contributed by atoms with E-state index < -0.39 is 110 Å². The van der Waals surface area contributed by atoms with Crippen molar-refractivity contribution < 1.29 is 79.2 Å². The zero-order valence-corrected chi connectivity index (χ0v) is 38.5. The van der Waals surface area contributed by atoms with Gasteiger partial charge in [-0.1, -0.05) is 67.0 Å². The van der Waals surface area contributed by atoms with Gasteiger partial charge in [0.25, 0.3) is 0 Å². The van der Waals surface area contributed by atoms with Gasteiger partial charge in [0.1, 0.15) is 54.9 Å². The molecule has 3 aliphatic heterocycles. The fourth-order valence-electron chi connectivity index (χ4n) is 14.8. The van der Waals surface area contributed by atoms with Crippen LogP contribution in [0.3, 0.4) is 0 Å². The lowest BCUT2D eigenvalue weighted by atomic mass is 9.33. The molecule has 360 valence electrons. The Morgan fingerprint density at radius 2 is 1.33 bits per heavy atom. The third kappa shape index (κ3) is 7.51. The molecule has 0 spiro atoms. The van der Waals surface area contributed by atoms with Crippen LogP contribution in [0.1, 0.15) is 120 Å². The van der Waals surface area contributed by atoms with Crippen LogP contribution >= 0.6 is 0 Å². The molecule has 9 N–H and O–H groups in total. The van der Waals surface area contributed by atoms with Crippen molar-refractivity contribution in [3.63, 3.8) is 0 Å². The second-order valence-electron chi connectivity index (χ2n) is 23.3. The summed E-state index contributed by atoms with van der Waals surface area (Å²) in [5.41, 5.74) is 0.910. The number of aliphatic hydroxyl groups is 8. The molecule has 5 aliphatic carbocycles. The minimum atomic E-state index is -1.96. The number of carboxylic acids is 1. The van der Waals surface area contributed by atoms with Crippen LogP contribution in [0.25, 0.3) is 0 Å². The Bertz CT molecular complexity index is 1740. The Kier molecular flexibility index (Phi) is 12.5. The Morgan fingerprint density at radius 3 is 2.02 bits per heavy atom. The predicted octanol–water partition coefficient (Wildman–Crippen LogP) is 2.37. The van der Waals surface area contributed by atoms with Gasteiger partial charge >= 0.3 is 5.97 Å². The van der Waals surface area contributed by atoms with E-state index in [4.69, 9.17) is 28.4 Å². The highest BCUT2D eigenvalue weighted by molar-refractivity contribution is 5.73. The maximum Gasteiger partial charge on any atom is 0.335 e. The molecule has 8 aliphatic rings. The second-order valence-corrected chi connectivity index (χ2v) is 23.3. The van der Waals surface area contributed by atoms with E-state index in [1.54, 1.807) is 5.57 Å². The van der Waals surface area contributed by atoms with E-state index in [1.807, 2.05) is 0 Å². The maximum atomic E-state index is 12.4. The Hall–Kier alpha value is -1.35. The number of fused-ring (bicyclic) bond motifs is 7. The van der Waals surface area contributed by atoms with Crippen LogP contribution in [0.2, 0.25) is 0 Å². The Balaban J connectivity index is 1.04. The molecule has 8 rings (SSSR count). The lowest BCUT2D eigenvalue weighted by Crippen LogP contribution is -2.67. The van der Waals surface area contributed by atoms with Crippen LogP contribution < -0.4 is 0 Å². The molecule has 7 fully saturated rings. The first-order chi connectivity index (χ1) is 29.2. The van der Waals surface area contributed by atoms with Gasteiger partial charge < -0.3 is 74.4 Å². The monoisotopic (exact) mass is 897 g/mol. The van der Waals surface area contributed by atoms with Crippen molar-refractivity contribution in [2.75, 3.05) is 6.61 Å². The summed E-state index contributed by atoms with van der Waals surface area (Å²) in [5, 5.41) is 97.3. The van der Waals surface area contributed by atoms with E-state index in [9.17, 15) is 50.8 Å². The van der Waals surface area contributed by atoms with Crippen LogP contribution in [0.4, 0.5) is 0 Å². The van der Waals surface area contributed by atoms with Gasteiger partial charge in [0.15, 0.2) is 25.0 Å². The van der Waals surface area contributed by atoms with Gasteiger partial charge in [-0.25, -0.2) is 4.79 Å². The number of allylic oxidation sites excluding steroid dienone is 2. The molecule has 0 aromatic carbocycles. The molecule has 0 aromatic heterocycles. The van der Waals surface area contributed by atoms with E-state index in [1.165, 1.54) is 6.92 Å². The highest BCUT2D eigenvalue weighted by Gasteiger charge is 2.69. The standard InChI is InChI=1S/C47H76O16/c1-21-29(50)31(52)34(55)39(59-21)62-36-30(51)24(48)20-58-40(36)63-37-33(54)32(53)35(38(56)57)61-41(37)60-28-13-14-45(7)25(43(28,4)5)12-15-47(9)26(45)11-10-22-23-18-42(2,3)19-27(49)44(23,6)16-17-46(22,47)8/h10,21,23-37,39-41,48-55H,11-20H2,1-9H3,(H,56,57). The maximum absolute atomic E-state index is 12.4. The number of carboxylic acid groups (broad SMARTS) is 1. The lowest BCUT2D eigenvalue weighted by molar-refractivity contribution is -0.386. The summed E-state index contributed by atoms with van der Waals surface area (Å²) in [5.74, 6) is -0.622. The zero-order chi connectivity index (χ0) is 46.1. The van der Waals surface area contributed by atoms with Crippen molar-refractivity contribution in [3.05, 3.63) is 11.6 Å². The number of hydrogen-bond donors (Lipinski definition) is 9. The summed E-state index contributed by atoms with van der Waals surface area (Å²) in [6, 6.07) is 0. The first-order valence-electron chi connectivity index (χ1n) is 23.5. The average Bonchev–Trinajstić information content (AvgIpc) is 3.20. The van der Waals surface area contributed by atoms with Gasteiger partial charge in [0.2, 0.25) is 0 Å². The summed E-state index contributed by atoms with van der Waals surface area (Å²) >= 11 is 0. The fourth-order valence-corrected chi connectivity index (χ4v) is 14.8. The van der Waals surface area contributed by atoms with Gasteiger partial charge in [-0.2, -0.15) is 0 Å². The highest BCUT2D eigenvalue weighted by atomic mass is 16.8. The van der Waals surface area contributed by atoms with Gasteiger partial charge in [-0.15, -0.1) is 0 Å². The van der Waals surface area contributed by atoms with Gasteiger partial charge in [0, 0.05) is 5.41 Å². The summed E-state index contributed by atoms with van der Waals surface area (Å²) in [7, 11) is 0. The molecule has 0 bridgehead atoms. The second kappa shape index (κ2) is 16.4. The molecule has 16 nitrogen and oxygen atoms in total. The number of hydrogen-bond acceptors (Lipinski definition) is 15. The number of aliphatic carboxylic acids is 1. The fraction of sp³-hybridized carbons (Fsp3) is 0.936. The smallest absolute Gasteiger partial charge is 0.335 e. The van der Waals surface area contributed by atoms with E-state index >= 15 is 0 Å². The first-order valence-corrected chi connectivity index (χ1v) is 23.5. The van der Waals surface area contributed by atoms with Crippen molar-refractivity contribution >= 4 is 5.97 Å². The van der Waals surface area contributed by atoms with E-state index in [2.05, 4.69) is 61.5 Å². The van der Waals surface area contributed by atoms with Crippen molar-refractivity contribution in [2.45, 2.75) is 218 Å². The number of rotatable bonds is 7. The Labute approximate surface area is 371 Å². The summed E-state index contributed by atoms with van der Waals surface area (Å²) in [6.45, 7) is 19.7. The van der Waals surface area contributed by atoms with Crippen LogP contribution in [-0.2, 0) is 33.2 Å². The number of aliphatic hydroxyl groups excluding tert-OH is 8. The SMILES string of the molecule is CC1OC(OC2C(OC3C(OC4CCC5(C)C(CCC6(C)C5CC=C5C7CC(C)(C)CC(O)C7(C)CCC56C)C4(C)C)OC(C(=O)O)C(O)C3O)OCC(O)C2O)C(O)C(O)C1O. The summed E-state index contributed by atoms with van der Waals surface area (Å²) in [6.07, 6.45) is -12.8. The van der Waals surface area contributed by atoms with E-state index in [0.29, 0.717) is 18.3 Å². The summed E-state index contributed by atoms with van der Waals surface area (Å²) in [4.78, 5) is 12.4. The zero-order valence-electron chi connectivity index (χ0n) is 38.5. The molecule has 23 atom stereocenters. The molecule has 3 heterocycles. The van der Waals surface area contributed by atoms with Crippen molar-refractivity contribution in [3.8, 4) is 0 Å². The highest BCUT2D eigenvalue weighted by Crippen LogP contribution is 2.76. The van der Waals surface area contributed by atoms with Crippen LogP contribution in [0.15, 0.2) is 11.6 Å². The predicted molar refractivity (Wildman–Crippen MR) is 223 cm³/mol. The molecule has 3 saturated heterocycles. The van der Waals surface area contributed by atoms with E-state index in [-0.39, 0.29) is 39.1 Å². The summed E-state index contributed by atoms with van der Waals surface area (Å²) < 4.78 is 36.2. The van der Waals surface area contributed by atoms with Crippen LogP contribution in [-0.4, -0.2) is 157 Å². The normalized spacial score (nSPS) is 55.3. The molecule has 63 heavy (non-hydrogen) atoms. The average molecular weight is 897 g/mol. The van der Waals surface area contributed by atoms with E-state index in [0.717, 1.165) is 51.4 Å². The largest absolute Gasteiger partial charge is 0.479 e. The van der Waals surface area contributed by atoms with Gasteiger partial charge in [-0.05, 0) is 110 Å². The molecule has 0 aromatic rings. The minimum Gasteiger partial charge on any atom is -0.479 e. The quantitative estimate of drug-likeness (QED) is 0.131. The van der Waals surface area contributed by atoms with Gasteiger partial charge in [-0.3, -0.25) is 0 Å².